The predicted octanol–water partition coefficient (Wildman–Crippen LogP) is 4.88. The minimum Gasteiger partial charge on any atom is -0.456 e. The lowest BCUT2D eigenvalue weighted by atomic mass is 9.98. The molecule has 2 amide bonds. The van der Waals surface area contributed by atoms with E-state index in [2.05, 4.69) is 10.6 Å². The van der Waals surface area contributed by atoms with Crippen molar-refractivity contribution >= 4 is 29.4 Å². The number of hydrogen-bond acceptors (Lipinski definition) is 4. The zero-order valence-electron chi connectivity index (χ0n) is 19.2. The number of hydrogen-bond donors (Lipinski definition) is 2. The van der Waals surface area contributed by atoms with E-state index >= 15 is 0 Å². The SMILES string of the molecule is O=C(C[C@@H]1C/C=C/CCCCC(=O)O[C@@H](c2ccccc2)CNC1=O)NCc1ccc(Cl)cc1. The molecule has 0 fully saturated rings. The summed E-state index contributed by atoms with van der Waals surface area (Å²) in [5.41, 5.74) is 1.75. The van der Waals surface area contributed by atoms with Crippen LogP contribution in [-0.2, 0) is 25.7 Å². The molecule has 2 N–H and O–H groups in total. The molecule has 0 spiro atoms. The lowest BCUT2D eigenvalue weighted by Crippen LogP contribution is -2.37. The fraction of sp³-hybridized carbons (Fsp3) is 0.370. The Morgan fingerprint density at radius 1 is 1.03 bits per heavy atom. The van der Waals surface area contributed by atoms with Crippen molar-refractivity contribution in [2.24, 2.45) is 5.92 Å². The third-order valence-electron chi connectivity index (χ3n) is 5.70. The first-order valence-electron chi connectivity index (χ1n) is 11.7. The fourth-order valence-electron chi connectivity index (χ4n) is 3.74. The summed E-state index contributed by atoms with van der Waals surface area (Å²) >= 11 is 5.91. The van der Waals surface area contributed by atoms with E-state index in [-0.39, 0.29) is 30.7 Å². The highest BCUT2D eigenvalue weighted by atomic mass is 35.5. The largest absolute Gasteiger partial charge is 0.456 e. The van der Waals surface area contributed by atoms with Crippen LogP contribution in [0, 0.1) is 5.92 Å². The summed E-state index contributed by atoms with van der Waals surface area (Å²) < 4.78 is 5.68. The van der Waals surface area contributed by atoms with Crippen LogP contribution in [0.15, 0.2) is 66.7 Å². The van der Waals surface area contributed by atoms with Gasteiger partial charge in [-0.2, -0.15) is 0 Å². The average molecular weight is 483 g/mol. The third-order valence-corrected chi connectivity index (χ3v) is 5.95. The van der Waals surface area contributed by atoms with Crippen LogP contribution in [0.25, 0.3) is 0 Å². The molecule has 0 saturated carbocycles. The molecular weight excluding hydrogens is 452 g/mol. The molecule has 0 bridgehead atoms. The van der Waals surface area contributed by atoms with E-state index in [9.17, 15) is 14.4 Å². The summed E-state index contributed by atoms with van der Waals surface area (Å²) in [6.45, 7) is 0.521. The zero-order chi connectivity index (χ0) is 24.2. The molecule has 2 atom stereocenters. The molecule has 0 unspecified atom stereocenters. The van der Waals surface area contributed by atoms with E-state index in [1.807, 2.05) is 54.6 Å². The lowest BCUT2D eigenvalue weighted by molar-refractivity contribution is -0.150. The molecule has 0 saturated heterocycles. The van der Waals surface area contributed by atoms with Gasteiger partial charge in [-0.05, 0) is 48.9 Å². The summed E-state index contributed by atoms with van der Waals surface area (Å²) in [7, 11) is 0. The lowest BCUT2D eigenvalue weighted by Gasteiger charge is -2.21. The molecule has 1 aliphatic heterocycles. The number of benzene rings is 2. The quantitative estimate of drug-likeness (QED) is 0.469. The van der Waals surface area contributed by atoms with Crippen molar-refractivity contribution in [3.63, 3.8) is 0 Å². The summed E-state index contributed by atoms with van der Waals surface area (Å²) in [5.74, 6) is -1.23. The molecular formula is C27H31ClN2O4. The molecule has 180 valence electrons. The number of carbonyl (C=O) groups excluding carboxylic acids is 3. The molecule has 0 aromatic heterocycles. The summed E-state index contributed by atoms with van der Waals surface area (Å²) in [4.78, 5) is 37.9. The highest BCUT2D eigenvalue weighted by molar-refractivity contribution is 6.30. The van der Waals surface area contributed by atoms with Gasteiger partial charge >= 0.3 is 5.97 Å². The number of carbonyl (C=O) groups is 3. The van der Waals surface area contributed by atoms with Crippen LogP contribution < -0.4 is 10.6 Å². The van der Waals surface area contributed by atoms with Gasteiger partial charge in [0.1, 0.15) is 6.10 Å². The van der Waals surface area contributed by atoms with E-state index in [1.54, 1.807) is 12.1 Å². The Morgan fingerprint density at radius 2 is 1.79 bits per heavy atom. The Morgan fingerprint density at radius 3 is 2.56 bits per heavy atom. The second-order valence-electron chi connectivity index (χ2n) is 8.39. The number of esters is 1. The molecule has 2 aromatic carbocycles. The monoisotopic (exact) mass is 482 g/mol. The van der Waals surface area contributed by atoms with Crippen LogP contribution >= 0.6 is 11.6 Å². The maximum atomic E-state index is 13.0. The van der Waals surface area contributed by atoms with Gasteiger partial charge in [-0.1, -0.05) is 66.2 Å². The summed E-state index contributed by atoms with van der Waals surface area (Å²) in [6.07, 6.45) is 6.69. The average Bonchev–Trinajstić information content (AvgIpc) is 2.84. The number of amides is 2. The van der Waals surface area contributed by atoms with Crippen LogP contribution in [0.3, 0.4) is 0 Å². The van der Waals surface area contributed by atoms with Gasteiger partial charge in [0.2, 0.25) is 11.8 Å². The van der Waals surface area contributed by atoms with E-state index in [1.165, 1.54) is 0 Å². The van der Waals surface area contributed by atoms with Gasteiger partial charge in [0.05, 0.1) is 12.5 Å². The number of allylic oxidation sites excluding steroid dienone is 2. The van der Waals surface area contributed by atoms with E-state index in [0.717, 1.165) is 30.4 Å². The predicted molar refractivity (Wildman–Crippen MR) is 132 cm³/mol. The maximum Gasteiger partial charge on any atom is 0.306 e. The van der Waals surface area contributed by atoms with Gasteiger partial charge < -0.3 is 15.4 Å². The number of halogens is 1. The standard InChI is InChI=1S/C27H31ClN2O4/c28-23-15-13-20(14-16-23)18-29-25(31)17-22-11-5-2-1-3-8-12-26(32)34-24(19-30-27(22)33)21-9-6-4-7-10-21/h2,4-7,9-10,13-16,22,24H,1,3,8,11-12,17-19H2,(H,29,31)(H,30,33)/b5-2+/t22-,24+/m0/s1. The Bertz CT molecular complexity index is 976. The van der Waals surface area contributed by atoms with Gasteiger partial charge in [-0.15, -0.1) is 0 Å². The van der Waals surface area contributed by atoms with Crippen molar-refractivity contribution in [2.75, 3.05) is 6.54 Å². The molecule has 0 radical (unpaired) electrons. The minimum atomic E-state index is -0.574. The molecule has 34 heavy (non-hydrogen) atoms. The molecule has 6 nitrogen and oxygen atoms in total. The Labute approximate surface area is 205 Å². The maximum absolute atomic E-state index is 13.0. The first kappa shape index (κ1) is 25.5. The zero-order valence-corrected chi connectivity index (χ0v) is 19.9. The third kappa shape index (κ3) is 8.67. The van der Waals surface area contributed by atoms with E-state index in [0.29, 0.717) is 24.4 Å². The Kier molecular flexibility index (Phi) is 10.2. The van der Waals surface area contributed by atoms with Crippen molar-refractivity contribution in [2.45, 2.75) is 51.2 Å². The molecule has 7 heteroatoms. The number of cyclic esters (lactones) is 1. The van der Waals surface area contributed by atoms with E-state index in [4.69, 9.17) is 16.3 Å². The number of nitrogens with one attached hydrogen (secondary N) is 2. The molecule has 1 aliphatic rings. The van der Waals surface area contributed by atoms with Crippen molar-refractivity contribution in [1.82, 2.24) is 10.6 Å². The van der Waals surface area contributed by atoms with Crippen LogP contribution in [0.4, 0.5) is 0 Å². The second kappa shape index (κ2) is 13.6. The van der Waals surface area contributed by atoms with Crippen LogP contribution in [-0.4, -0.2) is 24.3 Å². The van der Waals surface area contributed by atoms with Crippen molar-refractivity contribution in [3.8, 4) is 0 Å². The normalized spacial score (nSPS) is 21.0. The van der Waals surface area contributed by atoms with Gasteiger partial charge in [0.15, 0.2) is 0 Å². The molecule has 0 aliphatic carbocycles. The minimum absolute atomic E-state index is 0.0690. The highest BCUT2D eigenvalue weighted by Gasteiger charge is 2.24. The van der Waals surface area contributed by atoms with Gasteiger partial charge in [-0.25, -0.2) is 0 Å². The van der Waals surface area contributed by atoms with Gasteiger partial charge in [0, 0.05) is 24.4 Å². The second-order valence-corrected chi connectivity index (χ2v) is 8.83. The first-order valence-corrected chi connectivity index (χ1v) is 12.1. The summed E-state index contributed by atoms with van der Waals surface area (Å²) in [6, 6.07) is 16.6. The smallest absolute Gasteiger partial charge is 0.306 e. The van der Waals surface area contributed by atoms with Gasteiger partial charge in [0.25, 0.3) is 0 Å². The molecule has 1 heterocycles. The molecule has 2 aromatic rings. The van der Waals surface area contributed by atoms with Crippen molar-refractivity contribution in [3.05, 3.63) is 82.9 Å². The van der Waals surface area contributed by atoms with Gasteiger partial charge in [-0.3, -0.25) is 14.4 Å². The Hall–Kier alpha value is -3.12. The van der Waals surface area contributed by atoms with Crippen molar-refractivity contribution < 1.29 is 19.1 Å². The van der Waals surface area contributed by atoms with Crippen LogP contribution in [0.2, 0.25) is 5.02 Å². The van der Waals surface area contributed by atoms with Crippen molar-refractivity contribution in [1.29, 1.82) is 0 Å². The van der Waals surface area contributed by atoms with Crippen LogP contribution in [0.5, 0.6) is 0 Å². The highest BCUT2D eigenvalue weighted by Crippen LogP contribution is 2.20. The number of ether oxygens (including phenoxy) is 1. The fourth-order valence-corrected chi connectivity index (χ4v) is 3.87. The number of rotatable bonds is 5. The summed E-state index contributed by atoms with van der Waals surface area (Å²) in [5, 5.41) is 6.41. The van der Waals surface area contributed by atoms with E-state index < -0.39 is 12.0 Å². The molecule has 3 rings (SSSR count). The van der Waals surface area contributed by atoms with Crippen LogP contribution in [0.1, 0.15) is 55.8 Å². The topological polar surface area (TPSA) is 84.5 Å². The Balaban J connectivity index is 1.64. The first-order chi connectivity index (χ1) is 16.5.